The van der Waals surface area contributed by atoms with Crippen LogP contribution in [0.3, 0.4) is 0 Å². The summed E-state index contributed by atoms with van der Waals surface area (Å²) in [6, 6.07) is 0. The second kappa shape index (κ2) is 5.71. The molecule has 0 spiro atoms. The van der Waals surface area contributed by atoms with Crippen molar-refractivity contribution in [1.29, 1.82) is 0 Å². The molecule has 0 saturated heterocycles. The smallest absolute Gasteiger partial charge is 0.330 e. The lowest BCUT2D eigenvalue weighted by molar-refractivity contribution is -0.210. The number of carboxylic acids is 1. The maximum Gasteiger partial charge on any atom is 0.330 e. The Morgan fingerprint density at radius 3 is 2.77 bits per heavy atom. The van der Waals surface area contributed by atoms with Crippen molar-refractivity contribution in [3.63, 3.8) is 0 Å². The first-order chi connectivity index (χ1) is 10.5. The number of carbonyl (C=O) groups is 2. The van der Waals surface area contributed by atoms with E-state index in [1.54, 1.807) is 0 Å². The van der Waals surface area contributed by atoms with Crippen LogP contribution in [0, 0.1) is 29.1 Å². The summed E-state index contributed by atoms with van der Waals surface area (Å²) in [5.41, 5.74) is -0.567. The highest BCUT2D eigenvalue weighted by Gasteiger charge is 2.64. The first-order valence-corrected chi connectivity index (χ1v) is 8.58. The van der Waals surface area contributed by atoms with Crippen molar-refractivity contribution in [2.45, 2.75) is 58.0 Å². The van der Waals surface area contributed by atoms with Crippen LogP contribution < -0.4 is 0 Å². The van der Waals surface area contributed by atoms with Gasteiger partial charge >= 0.3 is 11.9 Å². The summed E-state index contributed by atoms with van der Waals surface area (Å²) in [5, 5.41) is 9.94. The van der Waals surface area contributed by atoms with Crippen LogP contribution in [-0.4, -0.2) is 23.1 Å². The average Bonchev–Trinajstić information content (AvgIpc) is 2.49. The average molecular weight is 306 g/mol. The van der Waals surface area contributed by atoms with E-state index in [0.29, 0.717) is 12.3 Å². The molecule has 0 amide bonds. The van der Waals surface area contributed by atoms with Crippen molar-refractivity contribution in [1.82, 2.24) is 0 Å². The summed E-state index contributed by atoms with van der Waals surface area (Å²) in [5.74, 6) is 0.0996. The Labute approximate surface area is 131 Å². The minimum Gasteiger partial charge on any atom is -0.481 e. The number of hydrogen-bond donors (Lipinski definition) is 1. The third kappa shape index (κ3) is 2.27. The molecule has 4 saturated carbocycles. The van der Waals surface area contributed by atoms with Crippen molar-refractivity contribution in [2.24, 2.45) is 29.1 Å². The predicted octanol–water partition coefficient (Wildman–Crippen LogP) is 3.41. The van der Waals surface area contributed by atoms with E-state index >= 15 is 0 Å². The standard InChI is InChI=1S/C18H26O4/c1-3-5-6-14-13-8-11-7-12(16(13)22-15(19)4-2)10-18(14,9-11)17(20)21/h4,11-14,16H,2-3,5-10H2,1H3,(H,20,21). The highest BCUT2D eigenvalue weighted by molar-refractivity contribution is 5.81. The van der Waals surface area contributed by atoms with Gasteiger partial charge in [-0.3, -0.25) is 4.79 Å². The summed E-state index contributed by atoms with van der Waals surface area (Å²) >= 11 is 0. The zero-order valence-corrected chi connectivity index (χ0v) is 13.3. The molecule has 4 aliphatic rings. The molecule has 4 bridgehead atoms. The second-order valence-corrected chi connectivity index (χ2v) is 7.49. The Bertz CT molecular complexity index is 485. The highest BCUT2D eigenvalue weighted by Crippen LogP contribution is 2.64. The van der Waals surface area contributed by atoms with E-state index in [2.05, 4.69) is 13.5 Å². The van der Waals surface area contributed by atoms with E-state index in [4.69, 9.17) is 4.74 Å². The Hall–Kier alpha value is -1.32. The zero-order chi connectivity index (χ0) is 15.9. The molecule has 22 heavy (non-hydrogen) atoms. The second-order valence-electron chi connectivity index (χ2n) is 7.49. The number of carbonyl (C=O) groups excluding carboxylic acids is 1. The molecule has 4 aliphatic carbocycles. The molecule has 0 heterocycles. The number of ether oxygens (including phenoxy) is 1. The van der Waals surface area contributed by atoms with Crippen molar-refractivity contribution in [3.8, 4) is 0 Å². The van der Waals surface area contributed by atoms with Crippen LogP contribution in [0.15, 0.2) is 12.7 Å². The first-order valence-electron chi connectivity index (χ1n) is 8.58. The van der Waals surface area contributed by atoms with Crippen molar-refractivity contribution in [3.05, 3.63) is 12.7 Å². The van der Waals surface area contributed by atoms with Crippen molar-refractivity contribution < 1.29 is 19.4 Å². The fourth-order valence-electron chi connectivity index (χ4n) is 5.68. The minimum atomic E-state index is -0.624. The maximum atomic E-state index is 12.1. The van der Waals surface area contributed by atoms with Gasteiger partial charge in [-0.25, -0.2) is 4.79 Å². The molecule has 0 aromatic rings. The van der Waals surface area contributed by atoms with Crippen LogP contribution in [0.25, 0.3) is 0 Å². The van der Waals surface area contributed by atoms with Gasteiger partial charge in [-0.2, -0.15) is 0 Å². The molecule has 0 aromatic carbocycles. The summed E-state index contributed by atoms with van der Waals surface area (Å²) in [6.07, 6.45) is 7.72. The van der Waals surface area contributed by atoms with Crippen molar-refractivity contribution in [2.75, 3.05) is 0 Å². The maximum absolute atomic E-state index is 12.1. The summed E-state index contributed by atoms with van der Waals surface area (Å²) in [7, 11) is 0. The third-order valence-electron chi connectivity index (χ3n) is 6.35. The number of carboxylic acid groups (broad SMARTS) is 1. The van der Waals surface area contributed by atoms with Gasteiger partial charge in [0.1, 0.15) is 6.10 Å². The number of aliphatic carboxylic acids is 1. The van der Waals surface area contributed by atoms with E-state index in [-0.39, 0.29) is 29.8 Å². The van der Waals surface area contributed by atoms with Gasteiger partial charge in [-0.05, 0) is 49.9 Å². The molecule has 4 fully saturated rings. The molecular weight excluding hydrogens is 280 g/mol. The molecule has 0 aliphatic heterocycles. The van der Waals surface area contributed by atoms with Crippen LogP contribution >= 0.6 is 0 Å². The normalized spacial score (nSPS) is 42.1. The topological polar surface area (TPSA) is 63.6 Å². The fraction of sp³-hybridized carbons (Fsp3) is 0.778. The molecule has 0 aromatic heterocycles. The van der Waals surface area contributed by atoms with Crippen LogP contribution in [0.1, 0.15) is 51.9 Å². The molecule has 4 nitrogen and oxygen atoms in total. The Kier molecular flexibility index (Phi) is 4.04. The van der Waals surface area contributed by atoms with E-state index < -0.39 is 11.4 Å². The van der Waals surface area contributed by atoms with Crippen LogP contribution in [0.4, 0.5) is 0 Å². The van der Waals surface area contributed by atoms with Crippen LogP contribution in [0.5, 0.6) is 0 Å². The van der Waals surface area contributed by atoms with Gasteiger partial charge in [-0.15, -0.1) is 0 Å². The summed E-state index contributed by atoms with van der Waals surface area (Å²) < 4.78 is 5.66. The summed E-state index contributed by atoms with van der Waals surface area (Å²) in [6.45, 7) is 5.62. The number of rotatable bonds is 6. The number of unbranched alkanes of at least 4 members (excludes halogenated alkanes) is 1. The third-order valence-corrected chi connectivity index (χ3v) is 6.35. The molecule has 1 N–H and O–H groups in total. The zero-order valence-electron chi connectivity index (χ0n) is 13.3. The minimum absolute atomic E-state index is 0.101. The molecule has 0 radical (unpaired) electrons. The Morgan fingerprint density at radius 1 is 1.36 bits per heavy atom. The molecular formula is C18H26O4. The number of hydrogen-bond acceptors (Lipinski definition) is 3. The van der Waals surface area contributed by atoms with E-state index in [0.717, 1.165) is 38.5 Å². The quantitative estimate of drug-likeness (QED) is 0.603. The van der Waals surface area contributed by atoms with Gasteiger partial charge in [0.15, 0.2) is 0 Å². The van der Waals surface area contributed by atoms with Gasteiger partial charge in [0.25, 0.3) is 0 Å². The lowest BCUT2D eigenvalue weighted by Crippen LogP contribution is -2.62. The van der Waals surface area contributed by atoms with Gasteiger partial charge in [0.05, 0.1) is 5.41 Å². The van der Waals surface area contributed by atoms with Gasteiger partial charge in [-0.1, -0.05) is 26.3 Å². The van der Waals surface area contributed by atoms with Crippen LogP contribution in [0.2, 0.25) is 0 Å². The van der Waals surface area contributed by atoms with E-state index in [1.807, 2.05) is 0 Å². The molecule has 4 heteroatoms. The van der Waals surface area contributed by atoms with Gasteiger partial charge in [0.2, 0.25) is 0 Å². The van der Waals surface area contributed by atoms with E-state index in [9.17, 15) is 14.7 Å². The Balaban J connectivity index is 1.90. The highest BCUT2D eigenvalue weighted by atomic mass is 16.5. The largest absolute Gasteiger partial charge is 0.481 e. The van der Waals surface area contributed by atoms with Crippen LogP contribution in [-0.2, 0) is 14.3 Å². The number of esters is 1. The predicted molar refractivity (Wildman–Crippen MR) is 82.1 cm³/mol. The SMILES string of the molecule is C=CC(=O)OC1C2CC3CC1C(CCCC)C(C(=O)O)(C3)C2. The Morgan fingerprint density at radius 2 is 2.14 bits per heavy atom. The lowest BCUT2D eigenvalue weighted by Gasteiger charge is -2.61. The first kappa shape index (κ1) is 15.6. The molecule has 6 atom stereocenters. The lowest BCUT2D eigenvalue weighted by atomic mass is 9.43. The van der Waals surface area contributed by atoms with Gasteiger partial charge < -0.3 is 9.84 Å². The van der Waals surface area contributed by atoms with Crippen molar-refractivity contribution >= 4 is 11.9 Å². The molecule has 6 unspecified atom stereocenters. The molecule has 122 valence electrons. The summed E-state index contributed by atoms with van der Waals surface area (Å²) in [4.78, 5) is 23.8. The molecule has 4 rings (SSSR count). The fourth-order valence-corrected chi connectivity index (χ4v) is 5.68. The van der Waals surface area contributed by atoms with Gasteiger partial charge in [0, 0.05) is 12.0 Å². The van der Waals surface area contributed by atoms with E-state index in [1.165, 1.54) is 6.08 Å². The monoisotopic (exact) mass is 306 g/mol.